The van der Waals surface area contributed by atoms with Crippen LogP contribution in [0.3, 0.4) is 0 Å². The van der Waals surface area contributed by atoms with E-state index >= 15 is 0 Å². The van der Waals surface area contributed by atoms with Gasteiger partial charge in [0.15, 0.2) is 0 Å². The maximum absolute atomic E-state index is 13.6. The highest BCUT2D eigenvalue weighted by Crippen LogP contribution is 2.32. The molecule has 2 N–H and O–H groups in total. The summed E-state index contributed by atoms with van der Waals surface area (Å²) in [6.07, 6.45) is 0. The minimum absolute atomic E-state index is 0.154. The van der Waals surface area contributed by atoms with E-state index in [1.54, 1.807) is 19.2 Å². The molecule has 0 radical (unpaired) electrons. The summed E-state index contributed by atoms with van der Waals surface area (Å²) in [5.74, 6) is -3.74. The number of amides is 3. The second kappa shape index (κ2) is 6.70. The van der Waals surface area contributed by atoms with Gasteiger partial charge in [0.05, 0.1) is 6.04 Å². The summed E-state index contributed by atoms with van der Waals surface area (Å²) in [5, 5.41) is 5.07. The van der Waals surface area contributed by atoms with E-state index in [1.165, 1.54) is 11.0 Å². The summed E-state index contributed by atoms with van der Waals surface area (Å²) in [6.45, 7) is 1.43. The van der Waals surface area contributed by atoms with Crippen LogP contribution in [0, 0.1) is 17.5 Å². The van der Waals surface area contributed by atoms with Gasteiger partial charge in [0.1, 0.15) is 17.5 Å². The van der Waals surface area contributed by atoms with Gasteiger partial charge in [-0.3, -0.25) is 4.79 Å². The Bertz CT molecular complexity index is 878. The highest BCUT2D eigenvalue weighted by atomic mass is 19.1. The van der Waals surface area contributed by atoms with Crippen LogP contribution in [0.25, 0.3) is 0 Å². The molecule has 5 nitrogen and oxygen atoms in total. The number of rotatable bonds is 3. The zero-order valence-corrected chi connectivity index (χ0v) is 14.1. The van der Waals surface area contributed by atoms with E-state index in [1.807, 2.05) is 6.92 Å². The average Bonchev–Trinajstić information content (AvgIpc) is 2.58. The Balaban J connectivity index is 1.78. The van der Waals surface area contributed by atoms with E-state index < -0.39 is 35.5 Å². The van der Waals surface area contributed by atoms with Crippen molar-refractivity contribution >= 4 is 17.6 Å². The van der Waals surface area contributed by atoms with Gasteiger partial charge < -0.3 is 15.5 Å². The van der Waals surface area contributed by atoms with Crippen molar-refractivity contribution in [1.82, 2.24) is 10.2 Å². The predicted octanol–water partition coefficient (Wildman–Crippen LogP) is 3.57. The van der Waals surface area contributed by atoms with Crippen molar-refractivity contribution in [3.8, 4) is 0 Å². The largest absolute Gasteiger partial charge is 0.348 e. The molecular formula is C18H16F3N3O2. The van der Waals surface area contributed by atoms with Crippen LogP contribution in [0.5, 0.6) is 0 Å². The smallest absolute Gasteiger partial charge is 0.322 e. The predicted molar refractivity (Wildman–Crippen MR) is 89.1 cm³/mol. The van der Waals surface area contributed by atoms with Crippen LogP contribution in [-0.2, 0) is 6.54 Å². The third kappa shape index (κ3) is 3.22. The van der Waals surface area contributed by atoms with Gasteiger partial charge >= 0.3 is 6.03 Å². The molecule has 8 heteroatoms. The molecule has 0 unspecified atom stereocenters. The molecule has 1 aliphatic heterocycles. The van der Waals surface area contributed by atoms with E-state index in [0.29, 0.717) is 17.8 Å². The first-order valence-electron chi connectivity index (χ1n) is 7.87. The Kier molecular flexibility index (Phi) is 4.58. The quantitative estimate of drug-likeness (QED) is 0.876. The zero-order valence-electron chi connectivity index (χ0n) is 14.1. The Hall–Kier alpha value is -3.03. The lowest BCUT2D eigenvalue weighted by Gasteiger charge is -2.32. The lowest BCUT2D eigenvalue weighted by atomic mass is 10.00. The summed E-state index contributed by atoms with van der Waals surface area (Å²) in [4.78, 5) is 25.7. The van der Waals surface area contributed by atoms with Gasteiger partial charge in [-0.2, -0.15) is 0 Å². The van der Waals surface area contributed by atoms with Crippen LogP contribution >= 0.6 is 0 Å². The number of benzene rings is 2. The molecule has 0 aliphatic carbocycles. The van der Waals surface area contributed by atoms with Gasteiger partial charge in [-0.15, -0.1) is 0 Å². The number of fused-ring (bicyclic) bond motifs is 1. The van der Waals surface area contributed by atoms with Gasteiger partial charge in [0.2, 0.25) is 0 Å². The van der Waals surface area contributed by atoms with Gasteiger partial charge in [0.25, 0.3) is 5.91 Å². The van der Waals surface area contributed by atoms with Crippen molar-refractivity contribution < 1.29 is 22.8 Å². The molecule has 1 atom stereocenters. The lowest BCUT2D eigenvalue weighted by Crippen LogP contribution is -2.38. The average molecular weight is 363 g/mol. The molecule has 1 heterocycles. The van der Waals surface area contributed by atoms with Crippen molar-refractivity contribution in [2.24, 2.45) is 0 Å². The number of halogens is 3. The van der Waals surface area contributed by atoms with Crippen LogP contribution in [0.2, 0.25) is 0 Å². The van der Waals surface area contributed by atoms with E-state index in [0.717, 1.165) is 5.56 Å². The Morgan fingerprint density at radius 2 is 1.85 bits per heavy atom. The fourth-order valence-electron chi connectivity index (χ4n) is 2.77. The van der Waals surface area contributed by atoms with Gasteiger partial charge in [-0.05, 0) is 24.6 Å². The molecule has 3 rings (SSSR count). The second-order valence-electron chi connectivity index (χ2n) is 6.05. The van der Waals surface area contributed by atoms with Crippen LogP contribution in [0.4, 0.5) is 23.7 Å². The van der Waals surface area contributed by atoms with Crippen LogP contribution in [0.15, 0.2) is 30.3 Å². The number of hydrogen-bond donors (Lipinski definition) is 2. The molecule has 0 fully saturated rings. The fraction of sp³-hybridized carbons (Fsp3) is 0.222. The maximum Gasteiger partial charge on any atom is 0.322 e. The summed E-state index contributed by atoms with van der Waals surface area (Å²) in [5.41, 5.74) is 1.15. The molecule has 0 saturated heterocycles. The molecule has 0 spiro atoms. The number of carbonyl (C=O) groups excluding carboxylic acids is 2. The van der Waals surface area contributed by atoms with Gasteiger partial charge in [0, 0.05) is 42.5 Å². The molecule has 0 aromatic heterocycles. The summed E-state index contributed by atoms with van der Waals surface area (Å²) < 4.78 is 40.2. The Labute approximate surface area is 147 Å². The number of carbonyl (C=O) groups is 2. The first-order chi connectivity index (χ1) is 12.3. The summed E-state index contributed by atoms with van der Waals surface area (Å²) >= 11 is 0. The molecule has 2 aromatic rings. The lowest BCUT2D eigenvalue weighted by molar-refractivity contribution is 0.0950. The number of nitrogens with zero attached hydrogens (tertiary/aromatic N) is 1. The molecule has 0 bridgehead atoms. The normalized spacial score (nSPS) is 16.1. The van der Waals surface area contributed by atoms with Crippen LogP contribution < -0.4 is 10.6 Å². The van der Waals surface area contributed by atoms with Crippen molar-refractivity contribution in [2.45, 2.75) is 19.5 Å². The number of anilines is 1. The number of nitrogens with one attached hydrogen (secondary N) is 2. The summed E-state index contributed by atoms with van der Waals surface area (Å²) in [7, 11) is 1.66. The van der Waals surface area contributed by atoms with Gasteiger partial charge in [-0.25, -0.2) is 18.0 Å². The van der Waals surface area contributed by atoms with E-state index in [4.69, 9.17) is 0 Å². The van der Waals surface area contributed by atoms with Gasteiger partial charge in [-0.1, -0.05) is 6.07 Å². The van der Waals surface area contributed by atoms with Crippen LogP contribution in [-0.4, -0.2) is 23.9 Å². The zero-order chi connectivity index (χ0) is 19.0. The number of hydrogen-bond acceptors (Lipinski definition) is 2. The minimum atomic E-state index is -1.07. The highest BCUT2D eigenvalue weighted by Gasteiger charge is 2.27. The highest BCUT2D eigenvalue weighted by molar-refractivity contribution is 5.98. The van der Waals surface area contributed by atoms with Crippen LogP contribution in [0.1, 0.15) is 34.5 Å². The molecule has 26 heavy (non-hydrogen) atoms. The molecule has 0 saturated carbocycles. The van der Waals surface area contributed by atoms with Crippen molar-refractivity contribution in [3.05, 3.63) is 64.5 Å². The first-order valence-corrected chi connectivity index (χ1v) is 7.87. The fourth-order valence-corrected chi connectivity index (χ4v) is 2.77. The van der Waals surface area contributed by atoms with Crippen molar-refractivity contribution in [2.75, 3.05) is 12.4 Å². The van der Waals surface area contributed by atoms with E-state index in [2.05, 4.69) is 10.6 Å². The number of urea groups is 1. The molecule has 3 amide bonds. The van der Waals surface area contributed by atoms with Crippen molar-refractivity contribution in [1.29, 1.82) is 0 Å². The molecule has 136 valence electrons. The third-order valence-corrected chi connectivity index (χ3v) is 4.44. The Morgan fingerprint density at radius 1 is 1.19 bits per heavy atom. The summed E-state index contributed by atoms with van der Waals surface area (Å²) in [6, 6.07) is 5.44. The van der Waals surface area contributed by atoms with E-state index in [9.17, 15) is 22.8 Å². The molecule has 1 aliphatic rings. The van der Waals surface area contributed by atoms with E-state index in [-0.39, 0.29) is 17.6 Å². The topological polar surface area (TPSA) is 61.4 Å². The molecule has 2 aromatic carbocycles. The second-order valence-corrected chi connectivity index (χ2v) is 6.05. The standard InChI is InChI=1S/C18H16F3N3O2/c1-9-12-4-3-10(5-16(12)23-18(26)24(9)2)17(25)22-8-13-14(20)6-11(19)7-15(13)21/h3-7,9H,8H2,1-2H3,(H,22,25)(H,23,26)/t9-/m0/s1. The molecular weight excluding hydrogens is 347 g/mol. The first kappa shape index (κ1) is 17.8. The maximum atomic E-state index is 13.6. The minimum Gasteiger partial charge on any atom is -0.348 e. The Morgan fingerprint density at radius 3 is 2.50 bits per heavy atom. The monoisotopic (exact) mass is 363 g/mol. The van der Waals surface area contributed by atoms with Crippen molar-refractivity contribution in [3.63, 3.8) is 0 Å². The SMILES string of the molecule is C[C@H]1c2ccc(C(=O)NCc3c(F)cc(F)cc3F)cc2NC(=O)N1C. The third-order valence-electron chi connectivity index (χ3n) is 4.44.